The molecule has 35 heavy (non-hydrogen) atoms. The number of fused-ring (bicyclic) bond motifs is 8. The van der Waals surface area contributed by atoms with Gasteiger partial charge in [0.15, 0.2) is 0 Å². The quantitative estimate of drug-likeness (QED) is 0.270. The molecule has 4 aromatic carbocycles. The van der Waals surface area contributed by atoms with Crippen LogP contribution in [-0.4, -0.2) is 0 Å². The van der Waals surface area contributed by atoms with Gasteiger partial charge in [-0.1, -0.05) is 60.7 Å². The third-order valence-corrected chi connectivity index (χ3v) is 9.73. The average molecular weight is 455 g/mol. The molecule has 4 aromatic rings. The Bertz CT molecular complexity index is 1420. The molecule has 4 atom stereocenters. The highest BCUT2D eigenvalue weighted by Gasteiger charge is 2.49. The molecular formula is C33H30N2. The van der Waals surface area contributed by atoms with E-state index in [1.807, 2.05) is 0 Å². The van der Waals surface area contributed by atoms with Crippen molar-refractivity contribution in [2.75, 3.05) is 11.5 Å². The molecule has 4 unspecified atom stereocenters. The standard InChI is InChI=1S/C33H30N2/c34-30-11-9-24-22-7-3-1-5-18(22)14-28(24)32(30)26-16-21-13-20(26)17-27(21)33-29-15-19-6-2-4-8-23(19)25(29)10-12-31(33)35/h1-12,20-21,26-27H,13-17,34-35H2. The van der Waals surface area contributed by atoms with Gasteiger partial charge in [-0.25, -0.2) is 0 Å². The van der Waals surface area contributed by atoms with E-state index in [2.05, 4.69) is 72.8 Å². The molecule has 172 valence electrons. The van der Waals surface area contributed by atoms with E-state index in [-0.39, 0.29) is 0 Å². The molecule has 0 saturated heterocycles. The molecule has 0 radical (unpaired) electrons. The second kappa shape index (κ2) is 7.01. The topological polar surface area (TPSA) is 52.0 Å². The Balaban J connectivity index is 1.15. The molecule has 2 nitrogen and oxygen atoms in total. The highest BCUT2D eigenvalue weighted by molar-refractivity contribution is 5.82. The largest absolute Gasteiger partial charge is 0.398 e. The van der Waals surface area contributed by atoms with Gasteiger partial charge in [0.1, 0.15) is 0 Å². The molecule has 2 heteroatoms. The van der Waals surface area contributed by atoms with Crippen molar-refractivity contribution in [3.05, 3.63) is 106 Å². The summed E-state index contributed by atoms with van der Waals surface area (Å²) in [4.78, 5) is 0. The van der Waals surface area contributed by atoms with Crippen molar-refractivity contribution in [1.29, 1.82) is 0 Å². The summed E-state index contributed by atoms with van der Waals surface area (Å²) < 4.78 is 0. The summed E-state index contributed by atoms with van der Waals surface area (Å²) in [7, 11) is 0. The Morgan fingerprint density at radius 3 is 1.40 bits per heavy atom. The summed E-state index contributed by atoms with van der Waals surface area (Å²) in [6.45, 7) is 0. The fourth-order valence-electron chi connectivity index (χ4n) is 8.36. The second-order valence-corrected chi connectivity index (χ2v) is 11.3. The van der Waals surface area contributed by atoms with E-state index < -0.39 is 0 Å². The lowest BCUT2D eigenvalue weighted by molar-refractivity contribution is 0.375. The number of benzene rings is 4. The molecule has 0 heterocycles. The van der Waals surface area contributed by atoms with Gasteiger partial charge in [-0.2, -0.15) is 0 Å². The first-order chi connectivity index (χ1) is 17.2. The van der Waals surface area contributed by atoms with Crippen LogP contribution in [0.2, 0.25) is 0 Å². The van der Waals surface area contributed by atoms with Gasteiger partial charge >= 0.3 is 0 Å². The van der Waals surface area contributed by atoms with Crippen molar-refractivity contribution in [1.82, 2.24) is 0 Å². The number of anilines is 2. The first-order valence-electron chi connectivity index (χ1n) is 13.2. The Hall–Kier alpha value is -3.52. The third kappa shape index (κ3) is 2.66. The predicted octanol–water partition coefficient (Wildman–Crippen LogP) is 7.29. The predicted molar refractivity (Wildman–Crippen MR) is 145 cm³/mol. The molecule has 8 rings (SSSR count). The maximum atomic E-state index is 6.71. The van der Waals surface area contributed by atoms with Gasteiger partial charge in [-0.15, -0.1) is 0 Å². The van der Waals surface area contributed by atoms with Gasteiger partial charge < -0.3 is 11.5 Å². The molecule has 4 N–H and O–H groups in total. The van der Waals surface area contributed by atoms with Crippen LogP contribution in [0, 0.1) is 11.8 Å². The van der Waals surface area contributed by atoms with E-state index >= 15 is 0 Å². The third-order valence-electron chi connectivity index (χ3n) is 9.73. The smallest absolute Gasteiger partial charge is 0.0352 e. The summed E-state index contributed by atoms with van der Waals surface area (Å²) in [6, 6.07) is 26.6. The minimum absolute atomic E-state index is 0.579. The summed E-state index contributed by atoms with van der Waals surface area (Å²) in [5, 5.41) is 0. The van der Waals surface area contributed by atoms with Crippen LogP contribution in [0.4, 0.5) is 11.4 Å². The zero-order valence-corrected chi connectivity index (χ0v) is 19.9. The van der Waals surface area contributed by atoms with Gasteiger partial charge in [0.25, 0.3) is 0 Å². The van der Waals surface area contributed by atoms with Crippen LogP contribution >= 0.6 is 0 Å². The molecule has 4 aliphatic carbocycles. The van der Waals surface area contributed by atoms with Crippen molar-refractivity contribution in [2.24, 2.45) is 11.8 Å². The molecule has 2 saturated carbocycles. The van der Waals surface area contributed by atoms with Crippen molar-refractivity contribution in [3.63, 3.8) is 0 Å². The Morgan fingerprint density at radius 1 is 0.486 bits per heavy atom. The fraction of sp³-hybridized carbons (Fsp3) is 0.273. The van der Waals surface area contributed by atoms with Crippen LogP contribution in [0.1, 0.15) is 64.5 Å². The average Bonchev–Trinajstić information content (AvgIpc) is 3.64. The van der Waals surface area contributed by atoms with Crippen LogP contribution in [0.3, 0.4) is 0 Å². The van der Waals surface area contributed by atoms with Gasteiger partial charge in [-0.3, -0.25) is 0 Å². The van der Waals surface area contributed by atoms with Crippen molar-refractivity contribution < 1.29 is 0 Å². The van der Waals surface area contributed by atoms with Crippen LogP contribution in [0.15, 0.2) is 72.8 Å². The first kappa shape index (κ1) is 19.8. The number of hydrogen-bond donors (Lipinski definition) is 2. The Kier molecular flexibility index (Phi) is 3.95. The minimum atomic E-state index is 0.579. The maximum Gasteiger partial charge on any atom is 0.0352 e. The SMILES string of the molecule is Nc1ccc2c(c1C1CC3CC1CC3c1c(N)ccc3c1Cc1ccccc1-3)Cc1ccccc1-2. The lowest BCUT2D eigenvalue weighted by Gasteiger charge is -2.32. The monoisotopic (exact) mass is 454 g/mol. The maximum absolute atomic E-state index is 6.71. The molecule has 0 amide bonds. The summed E-state index contributed by atoms with van der Waals surface area (Å²) >= 11 is 0. The lowest BCUT2D eigenvalue weighted by atomic mass is 9.73. The van der Waals surface area contributed by atoms with Crippen LogP contribution in [0.25, 0.3) is 22.3 Å². The first-order valence-corrected chi connectivity index (χ1v) is 13.2. The summed E-state index contributed by atoms with van der Waals surface area (Å²) in [5.74, 6) is 2.55. The number of hydrogen-bond acceptors (Lipinski definition) is 2. The highest BCUT2D eigenvalue weighted by atomic mass is 14.6. The highest BCUT2D eigenvalue weighted by Crippen LogP contribution is 2.62. The van der Waals surface area contributed by atoms with Crippen molar-refractivity contribution >= 4 is 11.4 Å². The van der Waals surface area contributed by atoms with E-state index in [1.165, 1.54) is 74.9 Å². The van der Waals surface area contributed by atoms with E-state index in [4.69, 9.17) is 11.5 Å². The van der Waals surface area contributed by atoms with Crippen LogP contribution < -0.4 is 11.5 Å². The molecule has 0 aromatic heterocycles. The summed E-state index contributed by atoms with van der Waals surface area (Å²) in [6.07, 6.45) is 5.84. The normalized spacial score (nSPS) is 24.8. The van der Waals surface area contributed by atoms with Crippen molar-refractivity contribution in [3.8, 4) is 22.3 Å². The zero-order valence-electron chi connectivity index (χ0n) is 19.9. The Labute approximate surface area is 207 Å². The molecule has 2 fully saturated rings. The van der Waals surface area contributed by atoms with Gasteiger partial charge in [0.2, 0.25) is 0 Å². The van der Waals surface area contributed by atoms with Crippen LogP contribution in [-0.2, 0) is 12.8 Å². The van der Waals surface area contributed by atoms with Crippen LogP contribution in [0.5, 0.6) is 0 Å². The molecular weight excluding hydrogens is 424 g/mol. The number of nitrogens with two attached hydrogens (primary N) is 2. The molecule has 4 aliphatic rings. The van der Waals surface area contributed by atoms with Gasteiger partial charge in [0, 0.05) is 11.4 Å². The molecule has 0 aliphatic heterocycles. The fourth-order valence-corrected chi connectivity index (χ4v) is 8.36. The van der Waals surface area contributed by atoms with E-state index in [0.717, 1.165) is 24.2 Å². The van der Waals surface area contributed by atoms with E-state index in [0.29, 0.717) is 23.7 Å². The molecule has 2 bridgehead atoms. The van der Waals surface area contributed by atoms with E-state index in [9.17, 15) is 0 Å². The van der Waals surface area contributed by atoms with E-state index in [1.54, 1.807) is 0 Å². The number of rotatable bonds is 2. The minimum Gasteiger partial charge on any atom is -0.398 e. The summed E-state index contributed by atoms with van der Waals surface area (Å²) in [5.41, 5.74) is 29.9. The zero-order chi connectivity index (χ0) is 23.3. The van der Waals surface area contributed by atoms with Gasteiger partial charge in [0.05, 0.1) is 0 Å². The second-order valence-electron chi connectivity index (χ2n) is 11.3. The number of nitrogen functional groups attached to an aromatic ring is 2. The van der Waals surface area contributed by atoms with Gasteiger partial charge in [-0.05, 0) is 124 Å². The van der Waals surface area contributed by atoms with Crippen molar-refractivity contribution in [2.45, 2.75) is 43.9 Å². The molecule has 0 spiro atoms. The lowest BCUT2D eigenvalue weighted by Crippen LogP contribution is -2.19. The Morgan fingerprint density at radius 2 is 0.943 bits per heavy atom.